The number of morpholine rings is 1. The van der Waals surface area contributed by atoms with Gasteiger partial charge in [0, 0.05) is 30.3 Å². The zero-order chi connectivity index (χ0) is 15.5. The molecule has 118 valence electrons. The van der Waals surface area contributed by atoms with E-state index >= 15 is 0 Å². The number of amides is 1. The Labute approximate surface area is 133 Å². The molecule has 1 aliphatic rings. The van der Waals surface area contributed by atoms with Gasteiger partial charge in [0.25, 0.3) is 0 Å². The van der Waals surface area contributed by atoms with Crippen LogP contribution in [0, 0.1) is 0 Å². The van der Waals surface area contributed by atoms with E-state index in [1.54, 1.807) is 11.3 Å². The summed E-state index contributed by atoms with van der Waals surface area (Å²) in [4.78, 5) is 18.6. The lowest BCUT2D eigenvalue weighted by molar-refractivity contribution is -0.143. The van der Waals surface area contributed by atoms with Crippen LogP contribution < -0.4 is 0 Å². The maximum Gasteiger partial charge on any atom is 0.227 e. The molecule has 0 unspecified atom stereocenters. The smallest absolute Gasteiger partial charge is 0.227 e. The minimum absolute atomic E-state index is 0.0914. The van der Waals surface area contributed by atoms with Crippen molar-refractivity contribution in [3.8, 4) is 11.4 Å². The van der Waals surface area contributed by atoms with Gasteiger partial charge in [-0.15, -0.1) is 0 Å². The summed E-state index contributed by atoms with van der Waals surface area (Å²) in [5.41, 5.74) is 0.946. The van der Waals surface area contributed by atoms with E-state index in [-0.39, 0.29) is 18.1 Å². The topological polar surface area (TPSA) is 68.5 Å². The molecule has 2 atom stereocenters. The van der Waals surface area contributed by atoms with Gasteiger partial charge in [0.2, 0.25) is 17.6 Å². The quantitative estimate of drug-likeness (QED) is 0.865. The second kappa shape index (κ2) is 6.58. The van der Waals surface area contributed by atoms with Crippen LogP contribution in [-0.4, -0.2) is 46.2 Å². The highest BCUT2D eigenvalue weighted by Gasteiger charge is 2.27. The molecule has 0 radical (unpaired) electrons. The van der Waals surface area contributed by atoms with Crippen LogP contribution in [-0.2, 0) is 16.0 Å². The van der Waals surface area contributed by atoms with Gasteiger partial charge >= 0.3 is 0 Å². The molecule has 22 heavy (non-hydrogen) atoms. The normalized spacial score (nSPS) is 22.0. The molecule has 2 aromatic rings. The average molecular weight is 321 g/mol. The molecule has 1 fully saturated rings. The minimum Gasteiger partial charge on any atom is -0.375 e. The molecule has 0 N–H and O–H groups in total. The Balaban J connectivity index is 1.57. The Bertz CT molecular complexity index is 626. The standard InChI is InChI=1S/C15H19N3O3S/c1-10-8-20-11(2)7-18(10)14(19)4-3-13-16-15(17-21-13)12-5-6-22-9-12/h5-6,9-11H,3-4,7-8H2,1-2H3/t10-,11+/m0/s1. The Kier molecular flexibility index (Phi) is 4.54. The lowest BCUT2D eigenvalue weighted by Crippen LogP contribution is -2.50. The van der Waals surface area contributed by atoms with Crippen LogP contribution in [0.2, 0.25) is 0 Å². The number of aromatic nitrogens is 2. The molecule has 0 spiro atoms. The summed E-state index contributed by atoms with van der Waals surface area (Å²) < 4.78 is 10.8. The zero-order valence-electron chi connectivity index (χ0n) is 12.7. The number of carbonyl (C=O) groups is 1. The number of nitrogens with zero attached hydrogens (tertiary/aromatic N) is 3. The lowest BCUT2D eigenvalue weighted by atomic mass is 10.1. The Morgan fingerprint density at radius 1 is 1.50 bits per heavy atom. The van der Waals surface area contributed by atoms with Crippen molar-refractivity contribution >= 4 is 17.2 Å². The van der Waals surface area contributed by atoms with Crippen LogP contribution in [0.4, 0.5) is 0 Å². The summed E-state index contributed by atoms with van der Waals surface area (Å²) >= 11 is 1.59. The third-order valence-corrected chi connectivity index (χ3v) is 4.41. The van der Waals surface area contributed by atoms with Crippen molar-refractivity contribution in [1.29, 1.82) is 0 Å². The number of hydrogen-bond acceptors (Lipinski definition) is 6. The number of hydrogen-bond donors (Lipinski definition) is 0. The van der Waals surface area contributed by atoms with Crippen molar-refractivity contribution in [2.24, 2.45) is 0 Å². The third-order valence-electron chi connectivity index (χ3n) is 3.73. The average Bonchev–Trinajstić information content (AvgIpc) is 3.17. The van der Waals surface area contributed by atoms with Crippen LogP contribution in [0.25, 0.3) is 11.4 Å². The van der Waals surface area contributed by atoms with Gasteiger partial charge in [-0.1, -0.05) is 5.16 Å². The van der Waals surface area contributed by atoms with Crippen LogP contribution in [0.15, 0.2) is 21.3 Å². The van der Waals surface area contributed by atoms with Gasteiger partial charge in [-0.2, -0.15) is 16.3 Å². The number of ether oxygens (including phenoxy) is 1. The molecule has 1 saturated heterocycles. The summed E-state index contributed by atoms with van der Waals surface area (Å²) in [7, 11) is 0. The minimum atomic E-state index is 0.0914. The second-order valence-corrected chi connectivity index (χ2v) is 6.34. The fourth-order valence-electron chi connectivity index (χ4n) is 2.47. The summed E-state index contributed by atoms with van der Waals surface area (Å²) in [5.74, 6) is 1.19. The fourth-order valence-corrected chi connectivity index (χ4v) is 3.11. The first-order valence-corrected chi connectivity index (χ1v) is 8.34. The SMILES string of the molecule is C[C@@H]1CN(C(=O)CCc2nc(-c3ccsc3)no2)[C@@H](C)CO1. The first-order valence-electron chi connectivity index (χ1n) is 7.39. The highest BCUT2D eigenvalue weighted by Crippen LogP contribution is 2.19. The zero-order valence-corrected chi connectivity index (χ0v) is 13.5. The van der Waals surface area contributed by atoms with Crippen LogP contribution in [0.5, 0.6) is 0 Å². The van der Waals surface area contributed by atoms with Crippen molar-refractivity contribution in [2.45, 2.75) is 38.8 Å². The Morgan fingerprint density at radius 3 is 3.14 bits per heavy atom. The first kappa shape index (κ1) is 15.2. The van der Waals surface area contributed by atoms with E-state index in [4.69, 9.17) is 9.26 Å². The Morgan fingerprint density at radius 2 is 2.36 bits per heavy atom. The Hall–Kier alpha value is -1.73. The van der Waals surface area contributed by atoms with Crippen LogP contribution >= 0.6 is 11.3 Å². The largest absolute Gasteiger partial charge is 0.375 e. The molecule has 1 aliphatic heterocycles. The van der Waals surface area contributed by atoms with E-state index in [1.165, 1.54) is 0 Å². The predicted molar refractivity (Wildman–Crippen MR) is 82.5 cm³/mol. The van der Waals surface area contributed by atoms with E-state index in [9.17, 15) is 4.79 Å². The number of rotatable bonds is 4. The van der Waals surface area contributed by atoms with Crippen LogP contribution in [0.1, 0.15) is 26.2 Å². The van der Waals surface area contributed by atoms with Crippen molar-refractivity contribution < 1.29 is 14.1 Å². The van der Waals surface area contributed by atoms with Crippen LogP contribution in [0.3, 0.4) is 0 Å². The molecule has 0 bridgehead atoms. The highest BCUT2D eigenvalue weighted by atomic mass is 32.1. The van der Waals surface area contributed by atoms with Gasteiger partial charge in [0.15, 0.2) is 0 Å². The van der Waals surface area contributed by atoms with Gasteiger partial charge in [0.05, 0.1) is 18.8 Å². The van der Waals surface area contributed by atoms with E-state index < -0.39 is 0 Å². The summed E-state index contributed by atoms with van der Waals surface area (Å²) in [6, 6.07) is 2.06. The summed E-state index contributed by atoms with van der Waals surface area (Å²) in [5, 5.41) is 7.89. The van der Waals surface area contributed by atoms with Crippen molar-refractivity contribution in [1.82, 2.24) is 15.0 Å². The van der Waals surface area contributed by atoms with Gasteiger partial charge in [0.1, 0.15) is 0 Å². The predicted octanol–water partition coefficient (Wildman–Crippen LogP) is 2.37. The van der Waals surface area contributed by atoms with Gasteiger partial charge < -0.3 is 14.2 Å². The van der Waals surface area contributed by atoms with Gasteiger partial charge in [-0.3, -0.25) is 4.79 Å². The van der Waals surface area contributed by atoms with Gasteiger partial charge in [-0.25, -0.2) is 0 Å². The third kappa shape index (κ3) is 3.36. The van der Waals surface area contributed by atoms with E-state index in [2.05, 4.69) is 10.1 Å². The maximum absolute atomic E-state index is 12.3. The second-order valence-electron chi connectivity index (χ2n) is 5.56. The van der Waals surface area contributed by atoms with Crippen molar-refractivity contribution in [3.63, 3.8) is 0 Å². The molecule has 7 heteroatoms. The molecule has 3 heterocycles. The molecular weight excluding hydrogens is 302 g/mol. The molecule has 1 amide bonds. The number of thiophene rings is 1. The van der Waals surface area contributed by atoms with Gasteiger partial charge in [-0.05, 0) is 25.3 Å². The summed E-state index contributed by atoms with van der Waals surface area (Å²) in [6.07, 6.45) is 0.935. The van der Waals surface area contributed by atoms with E-state index in [0.717, 1.165) is 5.56 Å². The van der Waals surface area contributed by atoms with Crippen molar-refractivity contribution in [3.05, 3.63) is 22.7 Å². The lowest BCUT2D eigenvalue weighted by Gasteiger charge is -2.36. The molecule has 0 aromatic carbocycles. The summed E-state index contributed by atoms with van der Waals surface area (Å²) in [6.45, 7) is 5.22. The molecule has 0 aliphatic carbocycles. The highest BCUT2D eigenvalue weighted by molar-refractivity contribution is 7.08. The monoisotopic (exact) mass is 321 g/mol. The number of carbonyl (C=O) groups excluding carboxylic acids is 1. The molecule has 6 nitrogen and oxygen atoms in total. The van der Waals surface area contributed by atoms with E-state index in [0.29, 0.717) is 37.7 Å². The maximum atomic E-state index is 12.3. The fraction of sp³-hybridized carbons (Fsp3) is 0.533. The molecule has 0 saturated carbocycles. The first-order chi connectivity index (χ1) is 10.6. The molecular formula is C15H19N3O3S. The number of aryl methyl sites for hydroxylation is 1. The van der Waals surface area contributed by atoms with E-state index in [1.807, 2.05) is 35.6 Å². The molecule has 2 aromatic heterocycles. The molecule has 3 rings (SSSR count). The van der Waals surface area contributed by atoms with Crippen molar-refractivity contribution in [2.75, 3.05) is 13.2 Å².